The highest BCUT2D eigenvalue weighted by Gasteiger charge is 2.72. The fourth-order valence-electron chi connectivity index (χ4n) is 3.69. The van der Waals surface area contributed by atoms with Crippen molar-refractivity contribution in [3.63, 3.8) is 0 Å². The van der Waals surface area contributed by atoms with Gasteiger partial charge in [-0.05, 0) is 19.3 Å². The molecule has 0 unspecified atom stereocenters. The molecule has 96 valence electrons. The van der Waals surface area contributed by atoms with Gasteiger partial charge in [0.05, 0.1) is 16.9 Å². The molecule has 0 aromatic rings. The Kier molecular flexibility index (Phi) is 2.22. The molecule has 5 heteroatoms. The zero-order chi connectivity index (χ0) is 13.0. The maximum Gasteiger partial charge on any atom is 0.229 e. The lowest BCUT2D eigenvalue weighted by atomic mass is 9.35. The Morgan fingerprint density at radius 2 is 1.56 bits per heavy atom. The van der Waals surface area contributed by atoms with Gasteiger partial charge in [-0.3, -0.25) is 9.59 Å². The summed E-state index contributed by atoms with van der Waals surface area (Å²) < 4.78 is 0. The van der Waals surface area contributed by atoms with Crippen LogP contribution < -0.4 is 0 Å². The number of carbonyl (C=O) groups is 2. The minimum Gasteiger partial charge on any atom is -0.339 e. The number of nitriles is 1. The molecule has 0 N–H and O–H groups in total. The van der Waals surface area contributed by atoms with Gasteiger partial charge in [0.1, 0.15) is 0 Å². The van der Waals surface area contributed by atoms with Crippen molar-refractivity contribution < 1.29 is 9.59 Å². The highest BCUT2D eigenvalue weighted by Crippen LogP contribution is 2.73. The van der Waals surface area contributed by atoms with Gasteiger partial charge in [0.2, 0.25) is 11.8 Å². The zero-order valence-electron chi connectivity index (χ0n) is 10.6. The van der Waals surface area contributed by atoms with Crippen LogP contribution in [0.4, 0.5) is 0 Å². The van der Waals surface area contributed by atoms with Crippen molar-refractivity contribution in [1.29, 1.82) is 5.26 Å². The second kappa shape index (κ2) is 3.47. The molecule has 0 radical (unpaired) electrons. The molecular weight excluding hydrogens is 230 g/mol. The molecule has 1 aliphatic heterocycles. The van der Waals surface area contributed by atoms with Gasteiger partial charge in [-0.25, -0.2) is 0 Å². The van der Waals surface area contributed by atoms with Gasteiger partial charge in [0, 0.05) is 33.1 Å². The van der Waals surface area contributed by atoms with E-state index in [1.807, 2.05) is 4.90 Å². The first-order valence-corrected chi connectivity index (χ1v) is 6.47. The highest BCUT2D eigenvalue weighted by molar-refractivity contribution is 5.87. The third-order valence-corrected chi connectivity index (χ3v) is 4.73. The first-order valence-electron chi connectivity index (χ1n) is 6.47. The Morgan fingerprint density at radius 1 is 1.06 bits per heavy atom. The summed E-state index contributed by atoms with van der Waals surface area (Å²) in [5.41, 5.74) is -0.384. The summed E-state index contributed by atoms with van der Waals surface area (Å²) in [4.78, 5) is 27.3. The third-order valence-electron chi connectivity index (χ3n) is 4.73. The largest absolute Gasteiger partial charge is 0.339 e. The van der Waals surface area contributed by atoms with Gasteiger partial charge in [-0.15, -0.1) is 0 Å². The molecule has 4 rings (SSSR count). The topological polar surface area (TPSA) is 64.4 Å². The van der Waals surface area contributed by atoms with Crippen LogP contribution in [0, 0.1) is 22.2 Å². The molecule has 3 aliphatic carbocycles. The van der Waals surface area contributed by atoms with Crippen LogP contribution in [-0.2, 0) is 9.59 Å². The second-order valence-corrected chi connectivity index (χ2v) is 6.00. The molecule has 0 aromatic carbocycles. The highest BCUT2D eigenvalue weighted by atomic mass is 16.2. The molecule has 0 atom stereocenters. The van der Waals surface area contributed by atoms with Crippen LogP contribution in [0.25, 0.3) is 0 Å². The number of piperazine rings is 1. The van der Waals surface area contributed by atoms with Crippen LogP contribution in [0.5, 0.6) is 0 Å². The summed E-state index contributed by atoms with van der Waals surface area (Å²) in [5.74, 6) is 0.291. The van der Waals surface area contributed by atoms with Gasteiger partial charge in [0.25, 0.3) is 0 Å². The third kappa shape index (κ3) is 1.38. The smallest absolute Gasteiger partial charge is 0.229 e. The van der Waals surface area contributed by atoms with Crippen LogP contribution in [0.15, 0.2) is 0 Å². The van der Waals surface area contributed by atoms with Gasteiger partial charge < -0.3 is 9.80 Å². The van der Waals surface area contributed by atoms with E-state index in [1.165, 1.54) is 0 Å². The van der Waals surface area contributed by atoms with Gasteiger partial charge in [-0.1, -0.05) is 0 Å². The summed E-state index contributed by atoms with van der Waals surface area (Å²) in [6, 6.07) is 2.32. The van der Waals surface area contributed by atoms with Crippen LogP contribution >= 0.6 is 0 Å². The molecule has 18 heavy (non-hydrogen) atoms. The van der Waals surface area contributed by atoms with E-state index < -0.39 is 0 Å². The Bertz CT molecular complexity index is 438. The summed E-state index contributed by atoms with van der Waals surface area (Å²) in [6.07, 6.45) is 2.26. The van der Waals surface area contributed by atoms with Crippen LogP contribution in [-0.4, -0.2) is 47.8 Å². The fourth-order valence-corrected chi connectivity index (χ4v) is 3.69. The standard InChI is InChI=1S/C13H17N3O2/c1-10(17)15-2-4-16(5-3-15)11(18)13-6-12(7-13,8-13)9-14/h2-8H2,1H3. The van der Waals surface area contributed by atoms with Gasteiger partial charge in [0.15, 0.2) is 0 Å². The van der Waals surface area contributed by atoms with E-state index >= 15 is 0 Å². The SMILES string of the molecule is CC(=O)N1CCN(C(=O)C23CC(C#N)(C2)C3)CC1. The average Bonchev–Trinajstić information content (AvgIpc) is 2.26. The molecule has 0 aromatic heterocycles. The first-order chi connectivity index (χ1) is 8.50. The van der Waals surface area contributed by atoms with Gasteiger partial charge in [-0.2, -0.15) is 5.26 Å². The number of nitrogens with zero attached hydrogens (tertiary/aromatic N) is 3. The van der Waals surface area contributed by atoms with Crippen molar-refractivity contribution in [2.45, 2.75) is 26.2 Å². The molecule has 5 nitrogen and oxygen atoms in total. The van der Waals surface area contributed by atoms with E-state index in [-0.39, 0.29) is 22.6 Å². The molecular formula is C13H17N3O2. The number of hydrogen-bond acceptors (Lipinski definition) is 3. The average molecular weight is 247 g/mol. The van der Waals surface area contributed by atoms with Crippen molar-refractivity contribution in [3.8, 4) is 6.07 Å². The lowest BCUT2D eigenvalue weighted by molar-refractivity contribution is -0.197. The predicted octanol–water partition coefficient (Wildman–Crippen LogP) is 0.371. The molecule has 2 amide bonds. The normalized spacial score (nSPS) is 37.3. The Labute approximate surface area is 106 Å². The molecule has 4 aliphatic rings. The maximum atomic E-state index is 12.4. The maximum absolute atomic E-state index is 12.4. The quantitative estimate of drug-likeness (QED) is 0.672. The van der Waals surface area contributed by atoms with E-state index in [0.29, 0.717) is 26.2 Å². The molecule has 0 spiro atoms. The fraction of sp³-hybridized carbons (Fsp3) is 0.769. The van der Waals surface area contributed by atoms with Crippen molar-refractivity contribution in [1.82, 2.24) is 9.80 Å². The van der Waals surface area contributed by atoms with Crippen LogP contribution in [0.3, 0.4) is 0 Å². The van der Waals surface area contributed by atoms with Crippen molar-refractivity contribution in [2.75, 3.05) is 26.2 Å². The predicted molar refractivity (Wildman–Crippen MR) is 63.2 cm³/mol. The van der Waals surface area contributed by atoms with Crippen LogP contribution in [0.1, 0.15) is 26.2 Å². The second-order valence-electron chi connectivity index (χ2n) is 6.00. The lowest BCUT2D eigenvalue weighted by Crippen LogP contribution is -2.68. The van der Waals surface area contributed by atoms with Gasteiger partial charge >= 0.3 is 0 Å². The lowest BCUT2D eigenvalue weighted by Gasteiger charge is -2.66. The minimum atomic E-state index is -0.214. The molecule has 2 bridgehead atoms. The van der Waals surface area contributed by atoms with Crippen molar-refractivity contribution in [3.05, 3.63) is 0 Å². The summed E-state index contributed by atoms with van der Waals surface area (Å²) in [5, 5.41) is 8.97. The van der Waals surface area contributed by atoms with E-state index in [1.54, 1.807) is 11.8 Å². The van der Waals surface area contributed by atoms with Crippen molar-refractivity contribution in [2.24, 2.45) is 10.8 Å². The molecule has 1 heterocycles. The Hall–Kier alpha value is -1.57. The molecule has 1 saturated heterocycles. The monoisotopic (exact) mass is 247 g/mol. The van der Waals surface area contributed by atoms with E-state index in [9.17, 15) is 9.59 Å². The minimum absolute atomic E-state index is 0.0797. The molecule has 4 fully saturated rings. The zero-order valence-corrected chi connectivity index (χ0v) is 10.6. The van der Waals surface area contributed by atoms with Crippen LogP contribution in [0.2, 0.25) is 0 Å². The van der Waals surface area contributed by atoms with E-state index in [0.717, 1.165) is 19.3 Å². The number of amides is 2. The molecule has 3 saturated carbocycles. The number of carbonyl (C=O) groups excluding carboxylic acids is 2. The van der Waals surface area contributed by atoms with Crippen molar-refractivity contribution >= 4 is 11.8 Å². The number of hydrogen-bond donors (Lipinski definition) is 0. The first kappa shape index (κ1) is 11.5. The summed E-state index contributed by atoms with van der Waals surface area (Å²) in [6.45, 7) is 4.12. The van der Waals surface area contributed by atoms with E-state index in [4.69, 9.17) is 5.26 Å². The Balaban J connectivity index is 1.57. The Morgan fingerprint density at radius 3 is 2.00 bits per heavy atom. The summed E-state index contributed by atoms with van der Waals surface area (Å²) in [7, 11) is 0. The van der Waals surface area contributed by atoms with E-state index in [2.05, 4.69) is 6.07 Å². The summed E-state index contributed by atoms with van der Waals surface area (Å²) >= 11 is 0. The number of rotatable bonds is 1.